The fourth-order valence-corrected chi connectivity index (χ4v) is 3.54. The molecule has 1 N–H and O–H groups in total. The largest absolute Gasteiger partial charge is 0.453 e. The number of carbonyl (C=O) groups excluding carboxylic acids is 4. The highest BCUT2D eigenvalue weighted by Gasteiger charge is 2.52. The van der Waals surface area contributed by atoms with Crippen molar-refractivity contribution in [3.63, 3.8) is 0 Å². The molecular formula is C15H20N2O5. The third-order valence-electron chi connectivity index (χ3n) is 4.76. The maximum atomic E-state index is 12.4. The number of carbonyl (C=O) groups is 4. The van der Waals surface area contributed by atoms with Crippen molar-refractivity contribution in [1.82, 2.24) is 10.2 Å². The number of Topliss-reactive ketones (excluding diaryl/α,β-unsaturated/α-hetero) is 1. The monoisotopic (exact) mass is 308 g/mol. The van der Waals surface area contributed by atoms with Crippen LogP contribution in [-0.2, 0) is 19.1 Å². The van der Waals surface area contributed by atoms with Crippen molar-refractivity contribution in [2.75, 3.05) is 6.54 Å². The molecule has 22 heavy (non-hydrogen) atoms. The smallest absolute Gasteiger partial charge is 0.326 e. The summed E-state index contributed by atoms with van der Waals surface area (Å²) in [4.78, 5) is 48.9. The number of amides is 3. The minimum atomic E-state index is -0.821. The van der Waals surface area contributed by atoms with Gasteiger partial charge in [0.15, 0.2) is 11.9 Å². The van der Waals surface area contributed by atoms with Crippen molar-refractivity contribution >= 4 is 23.7 Å². The highest BCUT2D eigenvalue weighted by Crippen LogP contribution is 2.35. The van der Waals surface area contributed by atoms with Gasteiger partial charge in [0.1, 0.15) is 12.1 Å². The average molecular weight is 308 g/mol. The van der Waals surface area contributed by atoms with Crippen LogP contribution in [0.5, 0.6) is 0 Å². The van der Waals surface area contributed by atoms with E-state index in [0.29, 0.717) is 25.7 Å². The van der Waals surface area contributed by atoms with E-state index in [0.717, 1.165) is 30.6 Å². The van der Waals surface area contributed by atoms with Gasteiger partial charge in [-0.05, 0) is 32.1 Å². The Bertz CT molecular complexity index is 524. The van der Waals surface area contributed by atoms with Gasteiger partial charge in [0.05, 0.1) is 0 Å². The molecule has 3 rings (SSSR count). The number of hydrogen-bond donors (Lipinski definition) is 1. The molecule has 1 atom stereocenters. The van der Waals surface area contributed by atoms with E-state index in [1.54, 1.807) is 0 Å². The second-order valence-corrected chi connectivity index (χ2v) is 6.30. The average Bonchev–Trinajstić information content (AvgIpc) is 3.03. The summed E-state index contributed by atoms with van der Waals surface area (Å²) in [6.45, 7) is -0.420. The van der Waals surface area contributed by atoms with Crippen molar-refractivity contribution in [3.05, 3.63) is 0 Å². The van der Waals surface area contributed by atoms with Gasteiger partial charge in [0.25, 0.3) is 5.91 Å². The Labute approximate surface area is 128 Å². The minimum Gasteiger partial charge on any atom is -0.453 e. The van der Waals surface area contributed by atoms with Crippen LogP contribution in [0.1, 0.15) is 51.4 Å². The molecule has 0 unspecified atom stereocenters. The first kappa shape index (κ1) is 15.0. The lowest BCUT2D eigenvalue weighted by Gasteiger charge is -2.22. The van der Waals surface area contributed by atoms with Crippen LogP contribution < -0.4 is 5.32 Å². The molecule has 120 valence electrons. The molecule has 1 aliphatic heterocycles. The van der Waals surface area contributed by atoms with Gasteiger partial charge in [-0.3, -0.25) is 19.3 Å². The van der Waals surface area contributed by atoms with Crippen LogP contribution in [0.2, 0.25) is 0 Å². The number of urea groups is 1. The van der Waals surface area contributed by atoms with Crippen LogP contribution in [0.25, 0.3) is 0 Å². The second kappa shape index (κ2) is 5.70. The molecule has 3 amide bonds. The van der Waals surface area contributed by atoms with Crippen LogP contribution >= 0.6 is 0 Å². The topological polar surface area (TPSA) is 92.8 Å². The number of hydrogen-bond acceptors (Lipinski definition) is 5. The zero-order chi connectivity index (χ0) is 15.7. The maximum Gasteiger partial charge on any atom is 0.326 e. The van der Waals surface area contributed by atoms with Crippen molar-refractivity contribution in [1.29, 1.82) is 0 Å². The Morgan fingerprint density at radius 1 is 1.18 bits per heavy atom. The van der Waals surface area contributed by atoms with Gasteiger partial charge in [-0.15, -0.1) is 0 Å². The zero-order valence-electron chi connectivity index (χ0n) is 12.4. The number of ketones is 1. The second-order valence-electron chi connectivity index (χ2n) is 6.30. The standard InChI is InChI=1S/C15H20N2O5/c18-10-5-1-2-6-11(10)22-12(19)9-17-13(20)15(16-14(17)21)7-3-4-8-15/h11H,1-9H2,(H,16,21)/t11-/m0/s1. The lowest BCUT2D eigenvalue weighted by molar-refractivity contribution is -0.158. The number of nitrogens with one attached hydrogen (secondary N) is 1. The molecule has 2 aliphatic carbocycles. The summed E-state index contributed by atoms with van der Waals surface area (Å²) in [6.07, 6.45) is 4.90. The summed E-state index contributed by atoms with van der Waals surface area (Å²) in [5, 5.41) is 2.71. The number of nitrogens with zero attached hydrogens (tertiary/aromatic N) is 1. The number of ether oxygens (including phenoxy) is 1. The molecule has 7 heteroatoms. The summed E-state index contributed by atoms with van der Waals surface area (Å²) in [5.74, 6) is -1.12. The molecule has 1 spiro atoms. The van der Waals surface area contributed by atoms with Gasteiger partial charge in [-0.25, -0.2) is 4.79 Å². The summed E-state index contributed by atoms with van der Waals surface area (Å²) in [7, 11) is 0. The van der Waals surface area contributed by atoms with E-state index in [1.165, 1.54) is 0 Å². The molecule has 0 aromatic carbocycles. The van der Waals surface area contributed by atoms with Crippen LogP contribution in [0.4, 0.5) is 4.79 Å². The minimum absolute atomic E-state index is 0.0796. The highest BCUT2D eigenvalue weighted by atomic mass is 16.5. The Balaban J connectivity index is 1.60. The van der Waals surface area contributed by atoms with Crippen LogP contribution in [0, 0.1) is 0 Å². The number of esters is 1. The normalized spacial score (nSPS) is 27.4. The quantitative estimate of drug-likeness (QED) is 0.618. The SMILES string of the molecule is O=C(CN1C(=O)NC2(CCCC2)C1=O)O[C@H]1CCCCC1=O. The molecule has 3 aliphatic rings. The van der Waals surface area contributed by atoms with Crippen LogP contribution in [0.3, 0.4) is 0 Å². The molecule has 0 bridgehead atoms. The molecule has 1 heterocycles. The summed E-state index contributed by atoms with van der Waals surface area (Å²) >= 11 is 0. The summed E-state index contributed by atoms with van der Waals surface area (Å²) < 4.78 is 5.15. The van der Waals surface area contributed by atoms with Gasteiger partial charge in [0.2, 0.25) is 0 Å². The fraction of sp³-hybridized carbons (Fsp3) is 0.733. The third-order valence-corrected chi connectivity index (χ3v) is 4.76. The van der Waals surface area contributed by atoms with Crippen molar-refractivity contribution in [2.45, 2.75) is 63.0 Å². The zero-order valence-corrected chi connectivity index (χ0v) is 12.4. The van der Waals surface area contributed by atoms with E-state index in [9.17, 15) is 19.2 Å². The third kappa shape index (κ3) is 2.60. The lowest BCUT2D eigenvalue weighted by atomic mass is 9.96. The van der Waals surface area contributed by atoms with Gasteiger partial charge in [0, 0.05) is 6.42 Å². The van der Waals surface area contributed by atoms with E-state index in [4.69, 9.17) is 4.74 Å². The van der Waals surface area contributed by atoms with Crippen molar-refractivity contribution < 1.29 is 23.9 Å². The first-order chi connectivity index (χ1) is 10.5. The van der Waals surface area contributed by atoms with Crippen LogP contribution in [0.15, 0.2) is 0 Å². The van der Waals surface area contributed by atoms with Crippen molar-refractivity contribution in [2.24, 2.45) is 0 Å². The highest BCUT2D eigenvalue weighted by molar-refractivity contribution is 6.08. The molecular weight excluding hydrogens is 288 g/mol. The molecule has 0 aromatic heterocycles. The molecule has 0 radical (unpaired) electrons. The van der Waals surface area contributed by atoms with Crippen molar-refractivity contribution in [3.8, 4) is 0 Å². The Morgan fingerprint density at radius 3 is 2.59 bits per heavy atom. The maximum absolute atomic E-state index is 12.4. The first-order valence-corrected chi connectivity index (χ1v) is 7.88. The molecule has 3 fully saturated rings. The predicted octanol–water partition coefficient (Wildman–Crippen LogP) is 0.906. The number of rotatable bonds is 3. The van der Waals surface area contributed by atoms with E-state index >= 15 is 0 Å². The molecule has 7 nitrogen and oxygen atoms in total. The Hall–Kier alpha value is -1.92. The van der Waals surface area contributed by atoms with Gasteiger partial charge in [-0.1, -0.05) is 12.8 Å². The van der Waals surface area contributed by atoms with Crippen LogP contribution in [-0.4, -0.2) is 46.8 Å². The predicted molar refractivity (Wildman–Crippen MR) is 74.8 cm³/mol. The molecule has 1 saturated heterocycles. The van der Waals surface area contributed by atoms with E-state index < -0.39 is 30.2 Å². The summed E-state index contributed by atoms with van der Waals surface area (Å²) in [6, 6.07) is -0.543. The van der Waals surface area contributed by atoms with Gasteiger partial charge >= 0.3 is 12.0 Å². The van der Waals surface area contributed by atoms with E-state index in [1.807, 2.05) is 0 Å². The van der Waals surface area contributed by atoms with E-state index in [2.05, 4.69) is 5.32 Å². The lowest BCUT2D eigenvalue weighted by Crippen LogP contribution is -2.44. The Morgan fingerprint density at radius 2 is 1.91 bits per heavy atom. The fourth-order valence-electron chi connectivity index (χ4n) is 3.54. The number of imide groups is 1. The molecule has 0 aromatic rings. The Kier molecular flexibility index (Phi) is 3.88. The molecule has 2 saturated carbocycles. The van der Waals surface area contributed by atoms with Gasteiger partial charge in [-0.2, -0.15) is 0 Å². The van der Waals surface area contributed by atoms with Gasteiger partial charge < -0.3 is 10.1 Å². The first-order valence-electron chi connectivity index (χ1n) is 7.88. The summed E-state index contributed by atoms with van der Waals surface area (Å²) in [5.41, 5.74) is -0.821. The van der Waals surface area contributed by atoms with E-state index in [-0.39, 0.29) is 11.7 Å².